The van der Waals surface area contributed by atoms with Gasteiger partial charge in [-0.2, -0.15) is 0 Å². The van der Waals surface area contributed by atoms with Crippen LogP contribution < -0.4 is 5.32 Å². The van der Waals surface area contributed by atoms with Crippen LogP contribution in [-0.2, 0) is 9.59 Å². The lowest BCUT2D eigenvalue weighted by molar-refractivity contribution is -0.129. The number of rotatable bonds is 5. The molecular formula is C20H22N2O2S2. The average molecular weight is 387 g/mol. The van der Waals surface area contributed by atoms with Crippen molar-refractivity contribution in [3.05, 3.63) is 52.4 Å². The van der Waals surface area contributed by atoms with Gasteiger partial charge in [-0.25, -0.2) is 0 Å². The van der Waals surface area contributed by atoms with Crippen LogP contribution in [0, 0.1) is 0 Å². The second-order valence-corrected chi connectivity index (χ2v) is 8.29. The fourth-order valence-electron chi connectivity index (χ4n) is 3.18. The molecule has 1 aliphatic carbocycles. The molecule has 6 heteroatoms. The Morgan fingerprint density at radius 2 is 2.00 bits per heavy atom. The van der Waals surface area contributed by atoms with Crippen molar-refractivity contribution in [3.63, 3.8) is 0 Å². The van der Waals surface area contributed by atoms with Gasteiger partial charge in [-0.05, 0) is 37.0 Å². The van der Waals surface area contributed by atoms with Crippen molar-refractivity contribution in [2.45, 2.75) is 38.6 Å². The number of hydrogen-bond acceptors (Lipinski definition) is 4. The van der Waals surface area contributed by atoms with Gasteiger partial charge < -0.3 is 5.32 Å². The smallest absolute Gasteiger partial charge is 0.266 e. The molecule has 0 aromatic heterocycles. The number of benzene rings is 1. The maximum absolute atomic E-state index is 12.6. The number of allylic oxidation sites excluding steroid dienone is 2. The third kappa shape index (κ3) is 4.83. The standard InChI is InChI=1S/C20H22N2O2S2/c1-14(11-15-7-3-2-4-8-15)12-17-19(24)22(20(25)26-17)13-18(23)21-16-9-5-6-10-16/h2-4,7-8,11-12,16H,5-6,9-10,13H2,1H3,(H,21,23). The number of thiocarbonyl (C=S) groups is 1. The van der Waals surface area contributed by atoms with Crippen LogP contribution in [0.5, 0.6) is 0 Å². The molecule has 26 heavy (non-hydrogen) atoms. The van der Waals surface area contributed by atoms with Gasteiger partial charge in [0, 0.05) is 6.04 Å². The van der Waals surface area contributed by atoms with Crippen molar-refractivity contribution in [3.8, 4) is 0 Å². The van der Waals surface area contributed by atoms with E-state index in [2.05, 4.69) is 5.32 Å². The maximum atomic E-state index is 12.6. The molecule has 0 atom stereocenters. The second-order valence-electron chi connectivity index (χ2n) is 6.62. The summed E-state index contributed by atoms with van der Waals surface area (Å²) in [6.07, 6.45) is 8.20. The van der Waals surface area contributed by atoms with Gasteiger partial charge >= 0.3 is 0 Å². The van der Waals surface area contributed by atoms with Crippen molar-refractivity contribution in [2.24, 2.45) is 0 Å². The molecule has 1 saturated heterocycles. The minimum atomic E-state index is -0.192. The van der Waals surface area contributed by atoms with E-state index in [-0.39, 0.29) is 24.4 Å². The Morgan fingerprint density at radius 3 is 2.69 bits per heavy atom. The lowest BCUT2D eigenvalue weighted by atomic mass is 10.1. The van der Waals surface area contributed by atoms with Gasteiger partial charge in [-0.15, -0.1) is 0 Å². The molecule has 0 unspecified atom stereocenters. The maximum Gasteiger partial charge on any atom is 0.266 e. The number of thioether (sulfide) groups is 1. The lowest BCUT2D eigenvalue weighted by Gasteiger charge is -2.17. The van der Waals surface area contributed by atoms with Gasteiger partial charge in [0.2, 0.25) is 5.91 Å². The van der Waals surface area contributed by atoms with Gasteiger partial charge in [0.25, 0.3) is 5.91 Å². The van der Waals surface area contributed by atoms with Crippen molar-refractivity contribution >= 4 is 46.2 Å². The number of nitrogens with zero attached hydrogens (tertiary/aromatic N) is 1. The Bertz CT molecular complexity index is 765. The molecule has 1 N–H and O–H groups in total. The van der Waals surface area contributed by atoms with Crippen LogP contribution >= 0.6 is 24.0 Å². The molecular weight excluding hydrogens is 364 g/mol. The van der Waals surface area contributed by atoms with Crippen molar-refractivity contribution in [1.82, 2.24) is 10.2 Å². The van der Waals surface area contributed by atoms with Crippen LogP contribution in [0.2, 0.25) is 0 Å². The largest absolute Gasteiger partial charge is 0.352 e. The van der Waals surface area contributed by atoms with Crippen LogP contribution in [0.4, 0.5) is 0 Å². The molecule has 3 rings (SSSR count). The summed E-state index contributed by atoms with van der Waals surface area (Å²) >= 11 is 6.56. The third-order valence-electron chi connectivity index (χ3n) is 4.45. The zero-order valence-electron chi connectivity index (χ0n) is 14.7. The Kier molecular flexibility index (Phi) is 6.27. The third-order valence-corrected chi connectivity index (χ3v) is 5.83. The van der Waals surface area contributed by atoms with Crippen LogP contribution in [0.1, 0.15) is 38.2 Å². The Balaban J connectivity index is 1.64. The molecule has 0 radical (unpaired) electrons. The second kappa shape index (κ2) is 8.64. The van der Waals surface area contributed by atoms with Crippen molar-refractivity contribution in [2.75, 3.05) is 6.54 Å². The predicted molar refractivity (Wildman–Crippen MR) is 110 cm³/mol. The summed E-state index contributed by atoms with van der Waals surface area (Å²) in [5, 5.41) is 3.00. The van der Waals surface area contributed by atoms with Crippen LogP contribution in [-0.4, -0.2) is 33.6 Å². The van der Waals surface area contributed by atoms with E-state index in [0.717, 1.165) is 36.8 Å². The predicted octanol–water partition coefficient (Wildman–Crippen LogP) is 3.89. The normalized spacial score (nSPS) is 20.3. The Morgan fingerprint density at radius 1 is 1.31 bits per heavy atom. The Hall–Kier alpha value is -1.92. The number of carbonyl (C=O) groups excluding carboxylic acids is 2. The molecule has 1 aliphatic heterocycles. The summed E-state index contributed by atoms with van der Waals surface area (Å²) in [5.74, 6) is -0.326. The SMILES string of the molecule is CC(=Cc1ccccc1)C=C1SC(=S)N(CC(=O)NC2CCCC2)C1=O. The number of hydrogen-bond donors (Lipinski definition) is 1. The van der Waals surface area contributed by atoms with Crippen molar-refractivity contribution in [1.29, 1.82) is 0 Å². The van der Waals surface area contributed by atoms with E-state index in [9.17, 15) is 9.59 Å². The molecule has 1 aromatic rings. The van der Waals surface area contributed by atoms with Gasteiger partial charge in [0.15, 0.2) is 0 Å². The van der Waals surface area contributed by atoms with Gasteiger partial charge in [-0.3, -0.25) is 14.5 Å². The summed E-state index contributed by atoms with van der Waals surface area (Å²) in [4.78, 5) is 26.8. The summed E-state index contributed by atoms with van der Waals surface area (Å²) in [6, 6.07) is 10.2. The van der Waals surface area contributed by atoms with Gasteiger partial charge in [-0.1, -0.05) is 73.2 Å². The first-order valence-electron chi connectivity index (χ1n) is 8.81. The molecule has 4 nitrogen and oxygen atoms in total. The molecule has 2 amide bonds. The topological polar surface area (TPSA) is 49.4 Å². The fourth-order valence-corrected chi connectivity index (χ4v) is 4.49. The van der Waals surface area contributed by atoms with Crippen molar-refractivity contribution < 1.29 is 9.59 Å². The molecule has 1 aromatic carbocycles. The minimum Gasteiger partial charge on any atom is -0.352 e. The number of carbonyl (C=O) groups is 2. The molecule has 0 spiro atoms. The van der Waals surface area contributed by atoms with Crippen LogP contribution in [0.25, 0.3) is 6.08 Å². The first kappa shape index (κ1) is 18.9. The van der Waals surface area contributed by atoms with Gasteiger partial charge in [0.1, 0.15) is 10.9 Å². The average Bonchev–Trinajstić information content (AvgIpc) is 3.20. The first-order valence-corrected chi connectivity index (χ1v) is 10.0. The van der Waals surface area contributed by atoms with E-state index >= 15 is 0 Å². The van der Waals surface area contributed by atoms with E-state index in [1.54, 1.807) is 0 Å². The summed E-state index contributed by atoms with van der Waals surface area (Å²) in [5.41, 5.74) is 2.04. The van der Waals surface area contributed by atoms with Crippen LogP contribution in [0.3, 0.4) is 0 Å². The summed E-state index contributed by atoms with van der Waals surface area (Å²) in [7, 11) is 0. The van der Waals surface area contributed by atoms with Gasteiger partial charge in [0.05, 0.1) is 4.91 Å². The quantitative estimate of drug-likeness (QED) is 0.616. The fraction of sp³-hybridized carbons (Fsp3) is 0.350. The molecule has 2 aliphatic rings. The highest BCUT2D eigenvalue weighted by Crippen LogP contribution is 2.32. The van der Waals surface area contributed by atoms with E-state index in [0.29, 0.717) is 9.23 Å². The molecule has 0 bridgehead atoms. The lowest BCUT2D eigenvalue weighted by Crippen LogP contribution is -2.42. The Labute approximate surface area is 163 Å². The highest BCUT2D eigenvalue weighted by molar-refractivity contribution is 8.26. The zero-order valence-corrected chi connectivity index (χ0v) is 16.4. The number of amides is 2. The van der Waals surface area contributed by atoms with E-state index < -0.39 is 0 Å². The summed E-state index contributed by atoms with van der Waals surface area (Å²) in [6.45, 7) is 1.95. The number of nitrogens with one attached hydrogen (secondary N) is 1. The minimum absolute atomic E-state index is 0.0000458. The zero-order chi connectivity index (χ0) is 18.5. The van der Waals surface area contributed by atoms with E-state index in [1.165, 1.54) is 16.7 Å². The molecule has 1 saturated carbocycles. The molecule has 136 valence electrons. The molecule has 1 heterocycles. The molecule has 2 fully saturated rings. The van der Waals surface area contributed by atoms with E-state index in [4.69, 9.17) is 12.2 Å². The highest BCUT2D eigenvalue weighted by Gasteiger charge is 2.33. The van der Waals surface area contributed by atoms with Crippen LogP contribution in [0.15, 0.2) is 46.9 Å². The van der Waals surface area contributed by atoms with E-state index in [1.807, 2.05) is 49.4 Å². The monoisotopic (exact) mass is 386 g/mol. The highest BCUT2D eigenvalue weighted by atomic mass is 32.2. The first-order chi connectivity index (χ1) is 12.5. The summed E-state index contributed by atoms with van der Waals surface area (Å²) < 4.78 is 0.440.